The summed E-state index contributed by atoms with van der Waals surface area (Å²) in [4.78, 5) is 0. The highest BCUT2D eigenvalue weighted by Gasteiger charge is 2.08. The molecule has 14 heavy (non-hydrogen) atoms. The molecule has 0 amide bonds. The quantitative estimate of drug-likeness (QED) is 0.374. The first-order chi connectivity index (χ1) is 6.42. The molecule has 0 heterocycles. The number of amidine groups is 1. The Hall–Kier alpha value is -0.610. The van der Waals surface area contributed by atoms with Crippen molar-refractivity contribution in [2.24, 2.45) is 5.73 Å². The first kappa shape index (κ1) is 13.4. The summed E-state index contributed by atoms with van der Waals surface area (Å²) in [5.41, 5.74) is 5.10. The van der Waals surface area contributed by atoms with Gasteiger partial charge in [0.2, 0.25) is 0 Å². The highest BCUT2D eigenvalue weighted by atomic mass is 16.5. The van der Waals surface area contributed by atoms with Gasteiger partial charge in [-0.05, 0) is 27.2 Å². The van der Waals surface area contributed by atoms with Crippen LogP contribution in [-0.2, 0) is 9.47 Å². The van der Waals surface area contributed by atoms with E-state index in [1.165, 1.54) is 0 Å². The summed E-state index contributed by atoms with van der Waals surface area (Å²) < 4.78 is 10.8. The topological polar surface area (TPSA) is 68.3 Å². The molecular weight excluding hydrogens is 180 g/mol. The van der Waals surface area contributed by atoms with Crippen LogP contribution in [0.5, 0.6) is 0 Å². The van der Waals surface area contributed by atoms with Gasteiger partial charge in [-0.1, -0.05) is 0 Å². The molecule has 0 fully saturated rings. The van der Waals surface area contributed by atoms with Gasteiger partial charge in [-0.15, -0.1) is 0 Å². The average Bonchev–Trinajstić information content (AvgIpc) is 2.00. The molecule has 0 aromatic heterocycles. The zero-order valence-electron chi connectivity index (χ0n) is 9.43. The highest BCUT2D eigenvalue weighted by Crippen LogP contribution is 2.05. The van der Waals surface area contributed by atoms with E-state index in [1.807, 2.05) is 20.8 Å². The first-order valence-electron chi connectivity index (χ1n) is 4.96. The molecule has 0 atom stereocenters. The summed E-state index contributed by atoms with van der Waals surface area (Å²) in [5.74, 6) is 0.222. The van der Waals surface area contributed by atoms with E-state index in [4.69, 9.17) is 20.6 Å². The maximum Gasteiger partial charge on any atom is 0.0906 e. The van der Waals surface area contributed by atoms with Crippen molar-refractivity contribution in [3.63, 3.8) is 0 Å². The van der Waals surface area contributed by atoms with Gasteiger partial charge in [0.15, 0.2) is 0 Å². The third kappa shape index (κ3) is 11.4. The van der Waals surface area contributed by atoms with Gasteiger partial charge < -0.3 is 15.2 Å². The van der Waals surface area contributed by atoms with E-state index < -0.39 is 0 Å². The Balaban J connectivity index is 3.11. The Labute approximate surface area is 86.3 Å². The second kappa shape index (κ2) is 6.79. The first-order valence-corrected chi connectivity index (χ1v) is 4.96. The molecule has 0 spiro atoms. The lowest BCUT2D eigenvalue weighted by Crippen LogP contribution is -2.22. The van der Waals surface area contributed by atoms with E-state index in [9.17, 15) is 0 Å². The van der Waals surface area contributed by atoms with Crippen molar-refractivity contribution in [2.45, 2.75) is 39.2 Å². The van der Waals surface area contributed by atoms with E-state index in [-0.39, 0.29) is 11.4 Å². The van der Waals surface area contributed by atoms with Crippen molar-refractivity contribution in [1.29, 1.82) is 5.41 Å². The summed E-state index contributed by atoms with van der Waals surface area (Å²) >= 11 is 0. The number of hydrogen-bond donors (Lipinski definition) is 2. The smallest absolute Gasteiger partial charge is 0.0906 e. The zero-order valence-corrected chi connectivity index (χ0v) is 9.43. The summed E-state index contributed by atoms with van der Waals surface area (Å²) in [6, 6.07) is 0. The van der Waals surface area contributed by atoms with Crippen LogP contribution in [0.4, 0.5) is 0 Å². The minimum absolute atomic E-state index is 0.0945. The Morgan fingerprint density at radius 3 is 2.36 bits per heavy atom. The fourth-order valence-corrected chi connectivity index (χ4v) is 0.874. The molecule has 0 saturated heterocycles. The second-order valence-electron chi connectivity index (χ2n) is 4.20. The van der Waals surface area contributed by atoms with Crippen LogP contribution in [0.1, 0.15) is 33.6 Å². The maximum atomic E-state index is 6.99. The molecule has 0 bridgehead atoms. The van der Waals surface area contributed by atoms with E-state index in [0.29, 0.717) is 26.2 Å². The Morgan fingerprint density at radius 2 is 1.86 bits per heavy atom. The normalized spacial score (nSPS) is 11.6. The standard InChI is InChI=1S/C10H22N2O2/c1-10(2,3)14-8-7-13-6-4-5-9(11)12/h4-8H2,1-3H3,(H3,11,12). The second-order valence-corrected chi connectivity index (χ2v) is 4.20. The lowest BCUT2D eigenvalue weighted by molar-refractivity contribution is -0.0348. The van der Waals surface area contributed by atoms with Gasteiger partial charge >= 0.3 is 0 Å². The van der Waals surface area contributed by atoms with Crippen molar-refractivity contribution in [1.82, 2.24) is 0 Å². The molecule has 4 heteroatoms. The zero-order chi connectivity index (χ0) is 11.0. The maximum absolute atomic E-state index is 6.99. The molecule has 0 aliphatic carbocycles. The third-order valence-corrected chi connectivity index (χ3v) is 1.50. The summed E-state index contributed by atoms with van der Waals surface area (Å²) in [7, 11) is 0. The van der Waals surface area contributed by atoms with Gasteiger partial charge in [0.1, 0.15) is 0 Å². The molecule has 3 N–H and O–H groups in total. The molecule has 0 aromatic carbocycles. The molecule has 0 radical (unpaired) electrons. The predicted molar refractivity (Wildman–Crippen MR) is 57.7 cm³/mol. The summed E-state index contributed by atoms with van der Waals surface area (Å²) in [6.45, 7) is 7.92. The van der Waals surface area contributed by atoms with E-state index in [2.05, 4.69) is 0 Å². The molecule has 84 valence electrons. The third-order valence-electron chi connectivity index (χ3n) is 1.50. The van der Waals surface area contributed by atoms with Gasteiger partial charge in [-0.3, -0.25) is 5.41 Å². The highest BCUT2D eigenvalue weighted by molar-refractivity contribution is 5.76. The Bertz CT molecular complexity index is 164. The van der Waals surface area contributed by atoms with Gasteiger partial charge in [0.25, 0.3) is 0 Å². The molecule has 0 aliphatic heterocycles. The molecule has 0 aliphatic rings. The van der Waals surface area contributed by atoms with Crippen LogP contribution >= 0.6 is 0 Å². The van der Waals surface area contributed by atoms with Crippen molar-refractivity contribution >= 4 is 5.84 Å². The lowest BCUT2D eigenvalue weighted by atomic mass is 10.2. The number of nitrogens with two attached hydrogens (primary N) is 1. The van der Waals surface area contributed by atoms with E-state index in [1.54, 1.807) is 0 Å². The van der Waals surface area contributed by atoms with Crippen LogP contribution in [0.2, 0.25) is 0 Å². The molecular formula is C10H22N2O2. The van der Waals surface area contributed by atoms with Crippen LogP contribution in [0, 0.1) is 5.41 Å². The minimum atomic E-state index is -0.0945. The van der Waals surface area contributed by atoms with Crippen LogP contribution in [0.15, 0.2) is 0 Å². The predicted octanol–water partition coefficient (Wildman–Crippen LogP) is 1.53. The molecule has 0 saturated carbocycles. The van der Waals surface area contributed by atoms with Gasteiger partial charge in [0, 0.05) is 13.0 Å². The number of nitrogens with one attached hydrogen (secondary N) is 1. The SMILES string of the molecule is CC(C)(C)OCCOCCCC(=N)N. The Morgan fingerprint density at radius 1 is 1.21 bits per heavy atom. The molecule has 4 nitrogen and oxygen atoms in total. The van der Waals surface area contributed by atoms with Gasteiger partial charge in [-0.2, -0.15) is 0 Å². The molecule has 0 unspecified atom stereocenters. The molecule has 0 rings (SSSR count). The fourth-order valence-electron chi connectivity index (χ4n) is 0.874. The largest absolute Gasteiger partial charge is 0.388 e. The van der Waals surface area contributed by atoms with Crippen molar-refractivity contribution in [2.75, 3.05) is 19.8 Å². The van der Waals surface area contributed by atoms with Crippen LogP contribution in [0.3, 0.4) is 0 Å². The number of rotatable bonds is 7. The van der Waals surface area contributed by atoms with Crippen molar-refractivity contribution in [3.05, 3.63) is 0 Å². The van der Waals surface area contributed by atoms with Crippen LogP contribution in [-0.4, -0.2) is 31.3 Å². The lowest BCUT2D eigenvalue weighted by Gasteiger charge is -2.19. The Kier molecular flexibility index (Phi) is 6.49. The van der Waals surface area contributed by atoms with E-state index in [0.717, 1.165) is 6.42 Å². The molecule has 0 aromatic rings. The number of ether oxygens (including phenoxy) is 2. The van der Waals surface area contributed by atoms with Gasteiger partial charge in [0.05, 0.1) is 24.7 Å². The summed E-state index contributed by atoms with van der Waals surface area (Å²) in [5, 5.41) is 6.99. The van der Waals surface area contributed by atoms with Crippen molar-refractivity contribution < 1.29 is 9.47 Å². The average molecular weight is 202 g/mol. The van der Waals surface area contributed by atoms with Crippen molar-refractivity contribution in [3.8, 4) is 0 Å². The van der Waals surface area contributed by atoms with Gasteiger partial charge in [-0.25, -0.2) is 0 Å². The number of hydrogen-bond acceptors (Lipinski definition) is 3. The summed E-state index contributed by atoms with van der Waals surface area (Å²) in [6.07, 6.45) is 1.42. The monoisotopic (exact) mass is 202 g/mol. The van der Waals surface area contributed by atoms with E-state index >= 15 is 0 Å². The van der Waals surface area contributed by atoms with Crippen LogP contribution in [0.25, 0.3) is 0 Å². The fraction of sp³-hybridized carbons (Fsp3) is 0.900. The van der Waals surface area contributed by atoms with Crippen LogP contribution < -0.4 is 5.73 Å². The minimum Gasteiger partial charge on any atom is -0.388 e.